The first kappa shape index (κ1) is 21.5. The smallest absolute Gasteiger partial charge is 0.287 e. The van der Waals surface area contributed by atoms with Crippen LogP contribution in [-0.4, -0.2) is 63.9 Å². The Bertz CT molecular complexity index is 943. The first-order valence-corrected chi connectivity index (χ1v) is 8.66. The second-order valence-corrected chi connectivity index (χ2v) is 6.56. The molecule has 0 bridgehead atoms. The van der Waals surface area contributed by atoms with E-state index in [1.165, 1.54) is 29.9 Å². The molecule has 0 aliphatic heterocycles. The number of nitro groups is 1. The van der Waals surface area contributed by atoms with Crippen molar-refractivity contribution in [2.45, 2.75) is 0 Å². The highest BCUT2D eigenvalue weighted by Crippen LogP contribution is 2.18. The molecule has 0 atom stereocenters. The van der Waals surface area contributed by atoms with Gasteiger partial charge in [-0.25, -0.2) is 0 Å². The fraction of sp³-hybridized carbons (Fsp3) is 0.353. The minimum absolute atomic E-state index is 0.126. The van der Waals surface area contributed by atoms with E-state index >= 15 is 0 Å². The molecule has 12 heteroatoms. The van der Waals surface area contributed by atoms with E-state index in [1.807, 2.05) is 0 Å². The lowest BCUT2D eigenvalue weighted by Crippen LogP contribution is -2.40. The summed E-state index contributed by atoms with van der Waals surface area (Å²) in [4.78, 5) is 36.6. The van der Waals surface area contributed by atoms with Crippen molar-refractivity contribution in [3.05, 3.63) is 46.0 Å². The van der Waals surface area contributed by atoms with Gasteiger partial charge in [-0.15, -0.1) is 0 Å². The molecule has 0 radical (unpaired) electrons. The van der Waals surface area contributed by atoms with E-state index in [9.17, 15) is 19.7 Å². The number of rotatable bonds is 7. The normalized spacial score (nSPS) is 10.3. The van der Waals surface area contributed by atoms with Crippen molar-refractivity contribution in [1.29, 1.82) is 5.41 Å². The number of aryl methyl sites for hydroxylation is 2. The number of nitrogens with one attached hydrogen (secondary N) is 4. The fourth-order valence-corrected chi connectivity index (χ4v) is 2.53. The number of guanidine groups is 1. The lowest BCUT2D eigenvalue weighted by molar-refractivity contribution is -0.384. The van der Waals surface area contributed by atoms with Gasteiger partial charge in [0.15, 0.2) is 5.96 Å². The van der Waals surface area contributed by atoms with Gasteiger partial charge in [-0.2, -0.15) is 0 Å². The Morgan fingerprint density at radius 1 is 1.07 bits per heavy atom. The summed E-state index contributed by atoms with van der Waals surface area (Å²) in [6.07, 6.45) is 2.83. The maximum absolute atomic E-state index is 12.4. The Balaban J connectivity index is 1.97. The number of carbonyl (C=O) groups is 2. The maximum Gasteiger partial charge on any atom is 0.287 e. The molecule has 0 saturated carbocycles. The molecule has 2 rings (SSSR count). The number of hydrogen-bond acceptors (Lipinski definition) is 5. The van der Waals surface area contributed by atoms with E-state index < -0.39 is 10.8 Å². The molecule has 12 nitrogen and oxygen atoms in total. The SMILES string of the molecule is CN(C)C(=N)NCCNC(=O)c1cc(NC(=O)c2cc([N+](=O)[O-])cn2C)cn1C. The molecule has 156 valence electrons. The van der Waals surface area contributed by atoms with Crippen molar-refractivity contribution in [3.8, 4) is 0 Å². The van der Waals surface area contributed by atoms with Gasteiger partial charge < -0.3 is 30.0 Å². The first-order chi connectivity index (χ1) is 13.6. The number of hydrogen-bond donors (Lipinski definition) is 4. The van der Waals surface area contributed by atoms with E-state index in [4.69, 9.17) is 5.41 Å². The molecular weight excluding hydrogens is 380 g/mol. The zero-order valence-corrected chi connectivity index (χ0v) is 16.6. The molecule has 29 heavy (non-hydrogen) atoms. The van der Waals surface area contributed by atoms with Crippen LogP contribution < -0.4 is 16.0 Å². The second-order valence-electron chi connectivity index (χ2n) is 6.56. The number of nitrogens with zero attached hydrogens (tertiary/aromatic N) is 4. The maximum atomic E-state index is 12.4. The van der Waals surface area contributed by atoms with E-state index in [-0.39, 0.29) is 23.2 Å². The quantitative estimate of drug-likeness (QED) is 0.172. The summed E-state index contributed by atoms with van der Waals surface area (Å²) in [6.45, 7) is 0.706. The minimum Gasteiger partial charge on any atom is -0.355 e. The second kappa shape index (κ2) is 8.91. The van der Waals surface area contributed by atoms with Gasteiger partial charge in [0.1, 0.15) is 11.4 Å². The highest BCUT2D eigenvalue weighted by Gasteiger charge is 2.19. The third kappa shape index (κ3) is 5.34. The number of anilines is 1. The van der Waals surface area contributed by atoms with Crippen molar-refractivity contribution >= 4 is 29.1 Å². The van der Waals surface area contributed by atoms with Gasteiger partial charge in [-0.1, -0.05) is 0 Å². The summed E-state index contributed by atoms with van der Waals surface area (Å²) in [5, 5.41) is 26.7. The Kier molecular flexibility index (Phi) is 6.59. The van der Waals surface area contributed by atoms with Gasteiger partial charge in [0.05, 0.1) is 16.8 Å². The average Bonchev–Trinajstić information content (AvgIpc) is 3.21. The van der Waals surface area contributed by atoms with E-state index in [1.54, 1.807) is 36.8 Å². The molecule has 0 spiro atoms. The summed E-state index contributed by atoms with van der Waals surface area (Å²) < 4.78 is 2.93. The van der Waals surface area contributed by atoms with Crippen LogP contribution in [0.2, 0.25) is 0 Å². The first-order valence-electron chi connectivity index (χ1n) is 8.66. The van der Waals surface area contributed by atoms with Crippen LogP contribution >= 0.6 is 0 Å². The van der Waals surface area contributed by atoms with Crippen molar-refractivity contribution in [1.82, 2.24) is 24.7 Å². The highest BCUT2D eigenvalue weighted by molar-refractivity contribution is 6.04. The molecule has 0 unspecified atom stereocenters. The monoisotopic (exact) mass is 404 g/mol. The van der Waals surface area contributed by atoms with Crippen LogP contribution in [0, 0.1) is 15.5 Å². The van der Waals surface area contributed by atoms with Gasteiger partial charge in [0.2, 0.25) is 0 Å². The van der Waals surface area contributed by atoms with Crippen LogP contribution in [0.1, 0.15) is 21.0 Å². The van der Waals surface area contributed by atoms with Crippen LogP contribution in [0.15, 0.2) is 24.5 Å². The number of aromatic nitrogens is 2. The zero-order chi connectivity index (χ0) is 21.7. The lowest BCUT2D eigenvalue weighted by atomic mass is 10.3. The van der Waals surface area contributed by atoms with Gasteiger partial charge in [0, 0.05) is 53.5 Å². The van der Waals surface area contributed by atoms with Crippen LogP contribution in [0.25, 0.3) is 0 Å². The molecule has 0 aromatic carbocycles. The minimum atomic E-state index is -0.573. The highest BCUT2D eigenvalue weighted by atomic mass is 16.6. The van der Waals surface area contributed by atoms with Crippen molar-refractivity contribution in [3.63, 3.8) is 0 Å². The molecule has 2 amide bonds. The van der Waals surface area contributed by atoms with Gasteiger partial charge in [-0.05, 0) is 6.07 Å². The van der Waals surface area contributed by atoms with Crippen LogP contribution in [0.3, 0.4) is 0 Å². The summed E-state index contributed by atoms with van der Waals surface area (Å²) in [6, 6.07) is 2.70. The number of carbonyl (C=O) groups excluding carboxylic acids is 2. The number of amides is 2. The van der Waals surface area contributed by atoms with Crippen molar-refractivity contribution in [2.75, 3.05) is 32.5 Å². The summed E-state index contributed by atoms with van der Waals surface area (Å²) in [5.41, 5.74) is 0.669. The Morgan fingerprint density at radius 3 is 2.24 bits per heavy atom. The van der Waals surface area contributed by atoms with Gasteiger partial charge >= 0.3 is 0 Å². The molecule has 4 N–H and O–H groups in total. The molecule has 2 aromatic heterocycles. The Hall–Kier alpha value is -3.83. The van der Waals surface area contributed by atoms with Crippen molar-refractivity contribution < 1.29 is 14.5 Å². The molecule has 0 fully saturated rings. The van der Waals surface area contributed by atoms with E-state index in [0.717, 1.165) is 0 Å². The molecule has 0 aliphatic carbocycles. The van der Waals surface area contributed by atoms with Gasteiger partial charge in [0.25, 0.3) is 17.5 Å². The summed E-state index contributed by atoms with van der Waals surface area (Å²) >= 11 is 0. The molecular formula is C17H24N8O4. The topological polar surface area (TPSA) is 150 Å². The fourth-order valence-electron chi connectivity index (χ4n) is 2.53. The largest absolute Gasteiger partial charge is 0.355 e. The van der Waals surface area contributed by atoms with E-state index in [0.29, 0.717) is 24.5 Å². The van der Waals surface area contributed by atoms with Crippen LogP contribution in [-0.2, 0) is 14.1 Å². The Morgan fingerprint density at radius 2 is 1.66 bits per heavy atom. The summed E-state index contributed by atoms with van der Waals surface area (Å²) in [7, 11) is 6.68. The van der Waals surface area contributed by atoms with Gasteiger partial charge in [-0.3, -0.25) is 25.1 Å². The third-order valence-corrected chi connectivity index (χ3v) is 4.08. The van der Waals surface area contributed by atoms with E-state index in [2.05, 4.69) is 16.0 Å². The molecule has 0 aliphatic rings. The third-order valence-electron chi connectivity index (χ3n) is 4.08. The van der Waals surface area contributed by atoms with Crippen molar-refractivity contribution in [2.24, 2.45) is 14.1 Å². The molecule has 0 saturated heterocycles. The average molecular weight is 404 g/mol. The summed E-state index contributed by atoms with van der Waals surface area (Å²) in [5.74, 6) is -0.616. The van der Waals surface area contributed by atoms with Crippen LogP contribution in [0.4, 0.5) is 11.4 Å². The predicted octanol–water partition coefficient (Wildman–Crippen LogP) is 0.340. The molecule has 2 aromatic rings. The lowest BCUT2D eigenvalue weighted by Gasteiger charge is -2.15. The predicted molar refractivity (Wildman–Crippen MR) is 107 cm³/mol. The zero-order valence-electron chi connectivity index (χ0n) is 16.6. The van der Waals surface area contributed by atoms with Crippen LogP contribution in [0.5, 0.6) is 0 Å². The standard InChI is InChI=1S/C17H24N8O4/c1-22(2)17(18)20-6-5-19-15(26)13-7-11(9-23(13)3)21-16(27)14-8-12(25(28)29)10-24(14)4/h7-10H,5-6H2,1-4H3,(H2,18,20)(H,19,26)(H,21,27). The Labute approximate surface area is 167 Å². The molecule has 2 heterocycles.